The molecule has 1 aliphatic rings. The van der Waals surface area contributed by atoms with Crippen molar-refractivity contribution < 1.29 is 4.39 Å². The lowest BCUT2D eigenvalue weighted by Crippen LogP contribution is -2.31. The number of halogens is 1. The molecule has 0 saturated heterocycles. The molecule has 1 aliphatic carbocycles. The molecule has 2 heteroatoms. The second-order valence-electron chi connectivity index (χ2n) is 4.68. The minimum absolute atomic E-state index is 0.0801. The summed E-state index contributed by atoms with van der Waals surface area (Å²) >= 11 is 0. The summed E-state index contributed by atoms with van der Waals surface area (Å²) in [6, 6.07) is 7.33. The van der Waals surface area contributed by atoms with E-state index in [9.17, 15) is 4.39 Å². The summed E-state index contributed by atoms with van der Waals surface area (Å²) in [4.78, 5) is 0. The molecular weight excluding hydrogens is 189 g/mol. The van der Waals surface area contributed by atoms with Crippen LogP contribution in [0.15, 0.2) is 24.3 Å². The van der Waals surface area contributed by atoms with E-state index in [1.54, 1.807) is 12.1 Å². The zero-order valence-corrected chi connectivity index (χ0v) is 9.12. The van der Waals surface area contributed by atoms with Gasteiger partial charge in [-0.1, -0.05) is 25.1 Å². The predicted octanol–water partition coefficient (Wildman–Crippen LogP) is 3.06. The van der Waals surface area contributed by atoms with E-state index in [2.05, 4.69) is 6.92 Å². The van der Waals surface area contributed by atoms with E-state index in [4.69, 9.17) is 5.73 Å². The third-order valence-electron chi connectivity index (χ3n) is 3.54. The van der Waals surface area contributed by atoms with Crippen LogP contribution in [0.5, 0.6) is 0 Å². The molecule has 0 spiro atoms. The minimum Gasteiger partial charge on any atom is -0.328 e. The monoisotopic (exact) mass is 207 g/mol. The Morgan fingerprint density at radius 1 is 1.27 bits per heavy atom. The zero-order chi connectivity index (χ0) is 10.8. The Morgan fingerprint density at radius 2 is 2.00 bits per heavy atom. The highest BCUT2D eigenvalue weighted by Crippen LogP contribution is 2.37. The van der Waals surface area contributed by atoms with Gasteiger partial charge in [-0.05, 0) is 42.7 Å². The Bertz CT molecular complexity index is 337. The van der Waals surface area contributed by atoms with Gasteiger partial charge in [0.05, 0.1) is 0 Å². The van der Waals surface area contributed by atoms with E-state index in [1.165, 1.54) is 0 Å². The van der Waals surface area contributed by atoms with Crippen molar-refractivity contribution in [3.05, 3.63) is 35.6 Å². The molecular formula is C13H18FN. The molecule has 3 unspecified atom stereocenters. The quantitative estimate of drug-likeness (QED) is 0.752. The fourth-order valence-electron chi connectivity index (χ4n) is 2.56. The van der Waals surface area contributed by atoms with E-state index in [1.807, 2.05) is 12.1 Å². The van der Waals surface area contributed by atoms with E-state index >= 15 is 0 Å². The summed E-state index contributed by atoms with van der Waals surface area (Å²) in [5.41, 5.74) is 6.80. The summed E-state index contributed by atoms with van der Waals surface area (Å²) in [5, 5.41) is 0. The largest absolute Gasteiger partial charge is 0.328 e. The molecule has 82 valence electrons. The van der Waals surface area contributed by atoms with Crippen LogP contribution in [0.25, 0.3) is 0 Å². The molecule has 0 amide bonds. The van der Waals surface area contributed by atoms with Gasteiger partial charge in [-0.25, -0.2) is 4.39 Å². The van der Waals surface area contributed by atoms with Crippen molar-refractivity contribution in [2.75, 3.05) is 0 Å². The van der Waals surface area contributed by atoms with Crippen molar-refractivity contribution in [1.29, 1.82) is 0 Å². The smallest absolute Gasteiger partial charge is 0.126 e. The van der Waals surface area contributed by atoms with Crippen LogP contribution in [0.3, 0.4) is 0 Å². The highest BCUT2D eigenvalue weighted by Gasteiger charge is 2.28. The van der Waals surface area contributed by atoms with Crippen LogP contribution in [0.4, 0.5) is 4.39 Å². The molecule has 1 fully saturated rings. The van der Waals surface area contributed by atoms with Crippen LogP contribution < -0.4 is 5.73 Å². The lowest BCUT2D eigenvalue weighted by atomic mass is 9.74. The molecule has 2 N–H and O–H groups in total. The van der Waals surface area contributed by atoms with Gasteiger partial charge in [0.1, 0.15) is 5.82 Å². The van der Waals surface area contributed by atoms with Crippen LogP contribution in [-0.2, 0) is 0 Å². The molecule has 0 bridgehead atoms. The van der Waals surface area contributed by atoms with Gasteiger partial charge in [0.2, 0.25) is 0 Å². The van der Waals surface area contributed by atoms with Gasteiger partial charge in [0.15, 0.2) is 0 Å². The second kappa shape index (κ2) is 4.31. The topological polar surface area (TPSA) is 26.0 Å². The van der Waals surface area contributed by atoms with Crippen LogP contribution >= 0.6 is 0 Å². The summed E-state index contributed by atoms with van der Waals surface area (Å²) in [5.74, 6) is 0.764. The van der Waals surface area contributed by atoms with Crippen LogP contribution in [0.1, 0.15) is 37.7 Å². The fraction of sp³-hybridized carbons (Fsp3) is 0.538. The number of rotatable bonds is 1. The summed E-state index contributed by atoms with van der Waals surface area (Å²) < 4.78 is 13.6. The van der Waals surface area contributed by atoms with Crippen molar-refractivity contribution in [3.8, 4) is 0 Å². The maximum Gasteiger partial charge on any atom is 0.126 e. The van der Waals surface area contributed by atoms with E-state index in [0.717, 1.165) is 24.8 Å². The molecule has 3 atom stereocenters. The Labute approximate surface area is 90.5 Å². The van der Waals surface area contributed by atoms with Gasteiger partial charge in [-0.2, -0.15) is 0 Å². The van der Waals surface area contributed by atoms with Gasteiger partial charge in [-0.3, -0.25) is 0 Å². The van der Waals surface area contributed by atoms with E-state index in [-0.39, 0.29) is 11.9 Å². The summed E-state index contributed by atoms with van der Waals surface area (Å²) in [7, 11) is 0. The predicted molar refractivity (Wildman–Crippen MR) is 60.1 cm³/mol. The first-order chi connectivity index (χ1) is 7.18. The Hall–Kier alpha value is -0.890. The SMILES string of the molecule is CC1CCC(N)CC1c1ccccc1F. The van der Waals surface area contributed by atoms with Crippen molar-refractivity contribution in [1.82, 2.24) is 0 Å². The fourth-order valence-corrected chi connectivity index (χ4v) is 2.56. The minimum atomic E-state index is -0.0801. The molecule has 0 heterocycles. The normalized spacial score (nSPS) is 31.5. The van der Waals surface area contributed by atoms with Crippen molar-refractivity contribution in [2.24, 2.45) is 11.7 Å². The van der Waals surface area contributed by atoms with Crippen molar-refractivity contribution >= 4 is 0 Å². The maximum absolute atomic E-state index is 13.6. The lowest BCUT2D eigenvalue weighted by Gasteiger charge is -2.33. The number of nitrogens with two attached hydrogens (primary N) is 1. The molecule has 1 saturated carbocycles. The highest BCUT2D eigenvalue weighted by molar-refractivity contribution is 5.23. The van der Waals surface area contributed by atoms with E-state index in [0.29, 0.717) is 11.8 Å². The number of hydrogen-bond acceptors (Lipinski definition) is 1. The molecule has 0 aliphatic heterocycles. The van der Waals surface area contributed by atoms with Gasteiger partial charge in [0, 0.05) is 6.04 Å². The van der Waals surface area contributed by atoms with Gasteiger partial charge in [-0.15, -0.1) is 0 Å². The Kier molecular flexibility index (Phi) is 3.06. The Morgan fingerprint density at radius 3 is 2.73 bits per heavy atom. The second-order valence-corrected chi connectivity index (χ2v) is 4.68. The van der Waals surface area contributed by atoms with Crippen molar-refractivity contribution in [2.45, 2.75) is 38.1 Å². The molecule has 1 aromatic carbocycles. The molecule has 0 aromatic heterocycles. The molecule has 1 nitrogen and oxygen atoms in total. The molecule has 0 radical (unpaired) electrons. The average Bonchev–Trinajstić information content (AvgIpc) is 2.23. The summed E-state index contributed by atoms with van der Waals surface area (Å²) in [6.45, 7) is 2.20. The molecule has 2 rings (SSSR count). The van der Waals surface area contributed by atoms with Crippen LogP contribution in [-0.4, -0.2) is 6.04 Å². The first-order valence-electron chi connectivity index (χ1n) is 5.68. The third kappa shape index (κ3) is 2.20. The molecule has 15 heavy (non-hydrogen) atoms. The van der Waals surface area contributed by atoms with Gasteiger partial charge < -0.3 is 5.73 Å². The Balaban J connectivity index is 2.25. The molecule has 1 aromatic rings. The first-order valence-corrected chi connectivity index (χ1v) is 5.68. The number of benzene rings is 1. The average molecular weight is 207 g/mol. The highest BCUT2D eigenvalue weighted by atomic mass is 19.1. The maximum atomic E-state index is 13.6. The lowest BCUT2D eigenvalue weighted by molar-refractivity contribution is 0.294. The van der Waals surface area contributed by atoms with Crippen LogP contribution in [0.2, 0.25) is 0 Å². The van der Waals surface area contributed by atoms with Crippen molar-refractivity contribution in [3.63, 3.8) is 0 Å². The van der Waals surface area contributed by atoms with Crippen LogP contribution in [0, 0.1) is 11.7 Å². The first kappa shape index (κ1) is 10.6. The third-order valence-corrected chi connectivity index (χ3v) is 3.54. The summed E-state index contributed by atoms with van der Waals surface area (Å²) in [6.07, 6.45) is 3.11. The zero-order valence-electron chi connectivity index (χ0n) is 9.12. The van der Waals surface area contributed by atoms with E-state index < -0.39 is 0 Å². The van der Waals surface area contributed by atoms with Gasteiger partial charge >= 0.3 is 0 Å². The number of hydrogen-bond donors (Lipinski definition) is 1. The standard InChI is InChI=1S/C13H18FN/c1-9-6-7-10(15)8-12(9)11-4-2-3-5-13(11)14/h2-5,9-10,12H,6-8,15H2,1H3. The van der Waals surface area contributed by atoms with Gasteiger partial charge in [0.25, 0.3) is 0 Å².